The molecule has 2 aromatic rings. The zero-order chi connectivity index (χ0) is 18.0. The van der Waals surface area contributed by atoms with Gasteiger partial charge in [-0.25, -0.2) is 4.79 Å². The first-order chi connectivity index (χ1) is 12.0. The van der Waals surface area contributed by atoms with E-state index in [1.807, 2.05) is 31.1 Å². The summed E-state index contributed by atoms with van der Waals surface area (Å²) in [4.78, 5) is 48.4. The highest BCUT2D eigenvalue weighted by Gasteiger charge is 2.32. The van der Waals surface area contributed by atoms with Crippen LogP contribution in [0.25, 0.3) is 0 Å². The summed E-state index contributed by atoms with van der Waals surface area (Å²) in [5.74, 6) is -0.369. The lowest BCUT2D eigenvalue weighted by Crippen LogP contribution is -2.36. The van der Waals surface area contributed by atoms with Gasteiger partial charge in [0.15, 0.2) is 0 Å². The Bertz CT molecular complexity index is 886. The Labute approximate surface area is 144 Å². The highest BCUT2D eigenvalue weighted by Crippen LogP contribution is 2.32. The average Bonchev–Trinajstić information content (AvgIpc) is 3.03. The molecular weight excluding hydrogens is 322 g/mol. The van der Waals surface area contributed by atoms with Gasteiger partial charge in [0.25, 0.3) is 11.5 Å². The number of likely N-dealkylation sites (tertiary alicyclic amines) is 1. The number of rotatable bonds is 4. The van der Waals surface area contributed by atoms with Crippen LogP contribution in [-0.4, -0.2) is 51.3 Å². The molecule has 25 heavy (non-hydrogen) atoms. The molecule has 1 amide bonds. The smallest absolute Gasteiger partial charge is 0.325 e. The first kappa shape index (κ1) is 17.1. The van der Waals surface area contributed by atoms with Gasteiger partial charge in [0.2, 0.25) is 0 Å². The van der Waals surface area contributed by atoms with Crippen LogP contribution in [0.1, 0.15) is 40.5 Å². The van der Waals surface area contributed by atoms with E-state index in [1.165, 1.54) is 6.20 Å². The molecule has 0 spiro atoms. The zero-order valence-corrected chi connectivity index (χ0v) is 14.3. The molecule has 2 aromatic heterocycles. The standard InChI is InChI=1S/C17H21N5O3/c1-21(2)10-12-8-11(5-6-18-12)14-4-3-7-22(14)16(24)13-9-19-17(25)20-15(13)23/h5-6,8-9,14H,3-4,7,10H2,1-2H3,(H2,19,20,23,25). The third kappa shape index (κ3) is 3.69. The van der Waals surface area contributed by atoms with Crippen molar-refractivity contribution in [2.24, 2.45) is 0 Å². The SMILES string of the molecule is CN(C)Cc1cc(C2CCCN2C(=O)c2c[nH]c(=O)[nH]c2=O)ccn1. The van der Waals surface area contributed by atoms with Crippen LogP contribution in [0.5, 0.6) is 0 Å². The molecule has 0 aliphatic carbocycles. The molecular formula is C17H21N5O3. The molecule has 8 heteroatoms. The van der Waals surface area contributed by atoms with Gasteiger partial charge in [-0.05, 0) is 44.6 Å². The molecule has 3 heterocycles. The Morgan fingerprint density at radius 1 is 1.40 bits per heavy atom. The third-order valence-corrected chi connectivity index (χ3v) is 4.27. The molecule has 1 unspecified atom stereocenters. The van der Waals surface area contributed by atoms with Crippen molar-refractivity contribution in [1.82, 2.24) is 24.8 Å². The van der Waals surface area contributed by atoms with Crippen molar-refractivity contribution in [2.45, 2.75) is 25.4 Å². The van der Waals surface area contributed by atoms with Gasteiger partial charge in [0.05, 0.1) is 11.7 Å². The van der Waals surface area contributed by atoms with Crippen LogP contribution < -0.4 is 11.2 Å². The largest absolute Gasteiger partial charge is 0.331 e. The highest BCUT2D eigenvalue weighted by molar-refractivity contribution is 5.94. The van der Waals surface area contributed by atoms with Crippen LogP contribution in [0.4, 0.5) is 0 Å². The Balaban J connectivity index is 1.89. The normalized spacial score (nSPS) is 17.2. The van der Waals surface area contributed by atoms with Crippen molar-refractivity contribution < 1.29 is 4.79 Å². The number of aromatic amines is 2. The van der Waals surface area contributed by atoms with E-state index in [-0.39, 0.29) is 17.5 Å². The third-order valence-electron chi connectivity index (χ3n) is 4.27. The van der Waals surface area contributed by atoms with E-state index < -0.39 is 11.2 Å². The summed E-state index contributed by atoms with van der Waals surface area (Å²) in [6.07, 6.45) is 4.63. The summed E-state index contributed by atoms with van der Waals surface area (Å²) in [6, 6.07) is 3.82. The summed E-state index contributed by atoms with van der Waals surface area (Å²) in [5.41, 5.74) is 0.612. The Kier molecular flexibility index (Phi) is 4.80. The number of hydrogen-bond donors (Lipinski definition) is 2. The van der Waals surface area contributed by atoms with E-state index in [1.54, 1.807) is 11.1 Å². The van der Waals surface area contributed by atoms with E-state index in [0.29, 0.717) is 13.1 Å². The van der Waals surface area contributed by atoms with Crippen LogP contribution in [-0.2, 0) is 6.54 Å². The molecule has 0 saturated carbocycles. The highest BCUT2D eigenvalue weighted by atomic mass is 16.2. The Morgan fingerprint density at radius 2 is 2.20 bits per heavy atom. The fourth-order valence-corrected chi connectivity index (χ4v) is 3.19. The minimum Gasteiger partial charge on any atom is -0.331 e. The summed E-state index contributed by atoms with van der Waals surface area (Å²) in [5, 5.41) is 0. The monoisotopic (exact) mass is 343 g/mol. The molecule has 0 radical (unpaired) electrons. The van der Waals surface area contributed by atoms with E-state index in [4.69, 9.17) is 0 Å². The number of carbonyl (C=O) groups excluding carboxylic acids is 1. The Hall–Kier alpha value is -2.74. The van der Waals surface area contributed by atoms with Gasteiger partial charge < -0.3 is 14.8 Å². The number of nitrogens with zero attached hydrogens (tertiary/aromatic N) is 3. The number of H-pyrrole nitrogens is 2. The molecule has 0 aromatic carbocycles. The van der Waals surface area contributed by atoms with Crippen molar-refractivity contribution in [3.05, 3.63) is 62.2 Å². The molecule has 0 bridgehead atoms. The lowest BCUT2D eigenvalue weighted by Gasteiger charge is -2.25. The maximum atomic E-state index is 12.8. The number of hydrogen-bond acceptors (Lipinski definition) is 5. The maximum Gasteiger partial charge on any atom is 0.325 e. The molecule has 132 valence electrons. The lowest BCUT2D eigenvalue weighted by molar-refractivity contribution is 0.0733. The van der Waals surface area contributed by atoms with Gasteiger partial charge in [-0.15, -0.1) is 0 Å². The summed E-state index contributed by atoms with van der Waals surface area (Å²) in [6.45, 7) is 1.29. The predicted octanol–water partition coefficient (Wildman–Crippen LogP) is 0.497. The number of nitrogens with one attached hydrogen (secondary N) is 2. The molecule has 1 aliphatic rings. The van der Waals surface area contributed by atoms with Crippen LogP contribution in [0.2, 0.25) is 0 Å². The van der Waals surface area contributed by atoms with Gasteiger partial charge in [-0.3, -0.25) is 19.6 Å². The fraction of sp³-hybridized carbons (Fsp3) is 0.412. The molecule has 2 N–H and O–H groups in total. The second-order valence-corrected chi connectivity index (χ2v) is 6.46. The van der Waals surface area contributed by atoms with E-state index in [2.05, 4.69) is 15.0 Å². The van der Waals surface area contributed by atoms with Gasteiger partial charge in [0, 0.05) is 25.5 Å². The second-order valence-electron chi connectivity index (χ2n) is 6.46. The van der Waals surface area contributed by atoms with Crippen LogP contribution >= 0.6 is 0 Å². The average molecular weight is 343 g/mol. The molecule has 1 atom stereocenters. The number of carbonyl (C=O) groups is 1. The zero-order valence-electron chi connectivity index (χ0n) is 14.3. The topological polar surface area (TPSA) is 102 Å². The summed E-state index contributed by atoms with van der Waals surface area (Å²) < 4.78 is 0. The van der Waals surface area contributed by atoms with Gasteiger partial charge in [-0.2, -0.15) is 0 Å². The molecule has 1 saturated heterocycles. The quantitative estimate of drug-likeness (QED) is 0.841. The van der Waals surface area contributed by atoms with Crippen molar-refractivity contribution >= 4 is 5.91 Å². The van der Waals surface area contributed by atoms with Crippen LogP contribution in [0, 0.1) is 0 Å². The second kappa shape index (κ2) is 7.02. The van der Waals surface area contributed by atoms with Crippen molar-refractivity contribution in [3.63, 3.8) is 0 Å². The number of amides is 1. The number of aromatic nitrogens is 3. The van der Waals surface area contributed by atoms with Crippen LogP contribution in [0.3, 0.4) is 0 Å². The van der Waals surface area contributed by atoms with E-state index >= 15 is 0 Å². The van der Waals surface area contributed by atoms with Gasteiger partial charge in [0.1, 0.15) is 5.56 Å². The Morgan fingerprint density at radius 3 is 2.92 bits per heavy atom. The number of pyridine rings is 1. The van der Waals surface area contributed by atoms with Gasteiger partial charge in [-0.1, -0.05) is 0 Å². The first-order valence-corrected chi connectivity index (χ1v) is 8.18. The molecule has 3 rings (SSSR count). The molecule has 1 fully saturated rings. The summed E-state index contributed by atoms with van der Waals surface area (Å²) >= 11 is 0. The summed E-state index contributed by atoms with van der Waals surface area (Å²) in [7, 11) is 3.95. The maximum absolute atomic E-state index is 12.8. The first-order valence-electron chi connectivity index (χ1n) is 8.18. The molecule has 8 nitrogen and oxygen atoms in total. The van der Waals surface area contributed by atoms with E-state index in [9.17, 15) is 14.4 Å². The lowest BCUT2D eigenvalue weighted by atomic mass is 10.0. The van der Waals surface area contributed by atoms with Crippen LogP contribution in [0.15, 0.2) is 34.1 Å². The fourth-order valence-electron chi connectivity index (χ4n) is 3.19. The van der Waals surface area contributed by atoms with E-state index in [0.717, 1.165) is 24.1 Å². The predicted molar refractivity (Wildman–Crippen MR) is 92.3 cm³/mol. The minimum absolute atomic E-state index is 0.0472. The van der Waals surface area contributed by atoms with Crippen molar-refractivity contribution in [1.29, 1.82) is 0 Å². The molecule has 1 aliphatic heterocycles. The minimum atomic E-state index is -0.664. The van der Waals surface area contributed by atoms with Crippen molar-refractivity contribution in [2.75, 3.05) is 20.6 Å². The van der Waals surface area contributed by atoms with Gasteiger partial charge >= 0.3 is 5.69 Å². The van der Waals surface area contributed by atoms with Crippen molar-refractivity contribution in [3.8, 4) is 0 Å².